The van der Waals surface area contributed by atoms with Crippen LogP contribution in [-0.4, -0.2) is 24.5 Å². The Hall–Kier alpha value is -3.43. The van der Waals surface area contributed by atoms with Crippen molar-refractivity contribution in [2.45, 2.75) is 13.5 Å². The van der Waals surface area contributed by atoms with Crippen molar-refractivity contribution in [1.82, 2.24) is 5.32 Å². The molecule has 0 spiro atoms. The maximum absolute atomic E-state index is 13.1. The van der Waals surface area contributed by atoms with E-state index in [2.05, 4.69) is 37.2 Å². The Morgan fingerprint density at radius 2 is 1.66 bits per heavy atom. The number of urea groups is 1. The molecule has 0 unspecified atom stereocenters. The van der Waals surface area contributed by atoms with Gasteiger partial charge in [-0.05, 0) is 61.0 Å². The van der Waals surface area contributed by atoms with Gasteiger partial charge in [-0.1, -0.05) is 56.1 Å². The number of hydrogen-bond acceptors (Lipinski definition) is 5. The number of amides is 4. The SMILES string of the molecule is CCOc1cc(/C=C2\C(=O)NC(=O)N(c3ccc(Br)cc3)C2=O)ccc1OCc1ccccc1Br. The van der Waals surface area contributed by atoms with Crippen molar-refractivity contribution in [1.29, 1.82) is 0 Å². The van der Waals surface area contributed by atoms with Gasteiger partial charge in [-0.25, -0.2) is 9.69 Å². The topological polar surface area (TPSA) is 84.9 Å². The molecule has 9 heteroatoms. The molecule has 178 valence electrons. The summed E-state index contributed by atoms with van der Waals surface area (Å²) < 4.78 is 13.4. The Morgan fingerprint density at radius 3 is 2.37 bits per heavy atom. The number of imide groups is 2. The lowest BCUT2D eigenvalue weighted by Gasteiger charge is -2.26. The van der Waals surface area contributed by atoms with Crippen LogP contribution in [0.2, 0.25) is 0 Å². The largest absolute Gasteiger partial charge is 0.490 e. The van der Waals surface area contributed by atoms with Crippen LogP contribution in [0.15, 0.2) is 81.2 Å². The third-order valence-corrected chi connectivity index (χ3v) is 6.41. The third-order valence-electron chi connectivity index (χ3n) is 5.11. The summed E-state index contributed by atoms with van der Waals surface area (Å²) in [5, 5.41) is 2.22. The summed E-state index contributed by atoms with van der Waals surface area (Å²) in [6, 6.07) is 18.7. The summed E-state index contributed by atoms with van der Waals surface area (Å²) in [6.07, 6.45) is 1.43. The van der Waals surface area contributed by atoms with Gasteiger partial charge in [0, 0.05) is 14.5 Å². The Bertz CT molecular complexity index is 1320. The zero-order chi connectivity index (χ0) is 24.9. The zero-order valence-electron chi connectivity index (χ0n) is 18.6. The van der Waals surface area contributed by atoms with Gasteiger partial charge in [0.05, 0.1) is 12.3 Å². The van der Waals surface area contributed by atoms with Crippen LogP contribution in [0.25, 0.3) is 6.08 Å². The highest BCUT2D eigenvalue weighted by molar-refractivity contribution is 9.10. The molecule has 1 saturated heterocycles. The van der Waals surface area contributed by atoms with Crippen molar-refractivity contribution in [3.05, 3.63) is 92.4 Å². The lowest BCUT2D eigenvalue weighted by Crippen LogP contribution is -2.54. The number of barbiturate groups is 1. The average molecular weight is 600 g/mol. The van der Waals surface area contributed by atoms with Gasteiger partial charge >= 0.3 is 6.03 Å². The molecule has 3 aromatic rings. The van der Waals surface area contributed by atoms with E-state index < -0.39 is 17.8 Å². The molecule has 4 rings (SSSR count). The van der Waals surface area contributed by atoms with Gasteiger partial charge in [-0.15, -0.1) is 0 Å². The molecule has 1 aliphatic heterocycles. The number of benzene rings is 3. The molecule has 0 saturated carbocycles. The number of nitrogens with zero attached hydrogens (tertiary/aromatic N) is 1. The molecule has 1 heterocycles. The molecule has 3 aromatic carbocycles. The highest BCUT2D eigenvalue weighted by atomic mass is 79.9. The smallest absolute Gasteiger partial charge is 0.335 e. The van der Waals surface area contributed by atoms with Crippen LogP contribution in [0.1, 0.15) is 18.1 Å². The van der Waals surface area contributed by atoms with E-state index in [-0.39, 0.29) is 5.57 Å². The fraction of sp³-hybridized carbons (Fsp3) is 0.115. The first-order valence-corrected chi connectivity index (χ1v) is 12.3. The first-order chi connectivity index (χ1) is 16.9. The maximum atomic E-state index is 13.1. The maximum Gasteiger partial charge on any atom is 0.335 e. The standard InChI is InChI=1S/C26H20Br2N2O5/c1-2-34-23-14-16(7-12-22(23)35-15-17-5-3-4-6-21(17)28)13-20-24(31)29-26(33)30(25(20)32)19-10-8-18(27)9-11-19/h3-14H,2,15H2,1H3,(H,29,31,33)/b20-13+. The molecular weight excluding hydrogens is 580 g/mol. The zero-order valence-corrected chi connectivity index (χ0v) is 21.8. The van der Waals surface area contributed by atoms with Crippen LogP contribution in [0.3, 0.4) is 0 Å². The molecular formula is C26H20Br2N2O5. The minimum Gasteiger partial charge on any atom is -0.490 e. The second kappa shape index (κ2) is 10.9. The van der Waals surface area contributed by atoms with Gasteiger partial charge in [-0.3, -0.25) is 14.9 Å². The first-order valence-electron chi connectivity index (χ1n) is 10.7. The molecule has 0 bridgehead atoms. The molecule has 0 aromatic heterocycles. The second-order valence-electron chi connectivity index (χ2n) is 7.45. The van der Waals surface area contributed by atoms with Gasteiger partial charge in [0.1, 0.15) is 12.2 Å². The molecule has 7 nitrogen and oxygen atoms in total. The number of nitrogens with one attached hydrogen (secondary N) is 1. The number of carbonyl (C=O) groups is 3. The predicted octanol–water partition coefficient (Wildman–Crippen LogP) is 5.86. The van der Waals surface area contributed by atoms with Gasteiger partial charge in [0.2, 0.25) is 0 Å². The number of ether oxygens (including phenoxy) is 2. The number of halogens is 2. The molecule has 35 heavy (non-hydrogen) atoms. The molecule has 0 atom stereocenters. The Balaban J connectivity index is 1.61. The first kappa shape index (κ1) is 24.7. The van der Waals surface area contributed by atoms with Crippen LogP contribution >= 0.6 is 31.9 Å². The van der Waals surface area contributed by atoms with Crippen LogP contribution in [0.4, 0.5) is 10.5 Å². The molecule has 1 fully saturated rings. The minimum absolute atomic E-state index is 0.170. The number of hydrogen-bond donors (Lipinski definition) is 1. The average Bonchev–Trinajstić information content (AvgIpc) is 2.83. The summed E-state index contributed by atoms with van der Waals surface area (Å²) in [7, 11) is 0. The fourth-order valence-corrected chi connectivity index (χ4v) is 4.09. The van der Waals surface area contributed by atoms with Crippen molar-refractivity contribution in [3.63, 3.8) is 0 Å². The number of carbonyl (C=O) groups excluding carboxylic acids is 3. The predicted molar refractivity (Wildman–Crippen MR) is 139 cm³/mol. The number of anilines is 1. The Kier molecular flexibility index (Phi) is 7.67. The summed E-state index contributed by atoms with van der Waals surface area (Å²) in [5.74, 6) is -0.483. The lowest BCUT2D eigenvalue weighted by molar-refractivity contribution is -0.122. The molecule has 0 aliphatic carbocycles. The van der Waals surface area contributed by atoms with E-state index in [1.807, 2.05) is 31.2 Å². The Morgan fingerprint density at radius 1 is 0.914 bits per heavy atom. The monoisotopic (exact) mass is 598 g/mol. The van der Waals surface area contributed by atoms with E-state index in [1.165, 1.54) is 6.08 Å². The highest BCUT2D eigenvalue weighted by Gasteiger charge is 2.36. The summed E-state index contributed by atoms with van der Waals surface area (Å²) in [5.41, 5.74) is 1.70. The third kappa shape index (κ3) is 5.63. The van der Waals surface area contributed by atoms with Gasteiger partial charge < -0.3 is 9.47 Å². The lowest BCUT2D eigenvalue weighted by atomic mass is 10.1. The van der Waals surface area contributed by atoms with E-state index in [1.54, 1.807) is 42.5 Å². The highest BCUT2D eigenvalue weighted by Crippen LogP contribution is 2.31. The van der Waals surface area contributed by atoms with Crippen LogP contribution in [0, 0.1) is 0 Å². The summed E-state index contributed by atoms with van der Waals surface area (Å²) >= 11 is 6.83. The van der Waals surface area contributed by atoms with Crippen LogP contribution in [0.5, 0.6) is 11.5 Å². The molecule has 4 amide bonds. The molecule has 1 aliphatic rings. The second-order valence-corrected chi connectivity index (χ2v) is 9.22. The van der Waals surface area contributed by atoms with Crippen molar-refractivity contribution in [3.8, 4) is 11.5 Å². The normalized spacial score (nSPS) is 14.8. The Labute approximate surface area is 219 Å². The van der Waals surface area contributed by atoms with Gasteiger partial charge in [0.25, 0.3) is 11.8 Å². The van der Waals surface area contributed by atoms with Gasteiger partial charge in [0.15, 0.2) is 11.5 Å². The van der Waals surface area contributed by atoms with E-state index in [9.17, 15) is 14.4 Å². The van der Waals surface area contributed by atoms with Crippen molar-refractivity contribution >= 4 is 61.5 Å². The quantitative estimate of drug-likeness (QED) is 0.272. The van der Waals surface area contributed by atoms with Crippen molar-refractivity contribution in [2.24, 2.45) is 0 Å². The number of rotatable bonds is 7. The molecule has 1 N–H and O–H groups in total. The van der Waals surface area contributed by atoms with E-state index in [4.69, 9.17) is 9.47 Å². The van der Waals surface area contributed by atoms with Crippen LogP contribution in [-0.2, 0) is 16.2 Å². The van der Waals surface area contributed by atoms with E-state index >= 15 is 0 Å². The van der Waals surface area contributed by atoms with E-state index in [0.29, 0.717) is 36.0 Å². The minimum atomic E-state index is -0.801. The fourth-order valence-electron chi connectivity index (χ4n) is 3.42. The van der Waals surface area contributed by atoms with Gasteiger partial charge in [-0.2, -0.15) is 0 Å². The van der Waals surface area contributed by atoms with Crippen molar-refractivity contribution < 1.29 is 23.9 Å². The molecule has 0 radical (unpaired) electrons. The van der Waals surface area contributed by atoms with Crippen molar-refractivity contribution in [2.75, 3.05) is 11.5 Å². The van der Waals surface area contributed by atoms with E-state index in [0.717, 1.165) is 19.4 Å². The summed E-state index contributed by atoms with van der Waals surface area (Å²) in [4.78, 5) is 38.9. The van der Waals surface area contributed by atoms with Crippen LogP contribution < -0.4 is 19.7 Å². The summed E-state index contributed by atoms with van der Waals surface area (Å²) in [6.45, 7) is 2.58.